The fourth-order valence-electron chi connectivity index (χ4n) is 2.74. The highest BCUT2D eigenvalue weighted by Gasteiger charge is 2.15. The summed E-state index contributed by atoms with van der Waals surface area (Å²) in [6.45, 7) is 11.5. The Hall–Kier alpha value is -0.810. The van der Waals surface area contributed by atoms with Gasteiger partial charge in [-0.3, -0.25) is 4.99 Å². The number of hydrogen-bond donors (Lipinski definition) is 2. The molecule has 0 aromatic heterocycles. The minimum Gasteiger partial charge on any atom is -0.383 e. The normalized spacial score (nSPS) is 20.5. The molecular weight excluding hydrogens is 264 g/mol. The van der Waals surface area contributed by atoms with Gasteiger partial charge in [-0.05, 0) is 51.6 Å². The van der Waals surface area contributed by atoms with Crippen LogP contribution in [0.5, 0.6) is 0 Å². The molecule has 5 nitrogen and oxygen atoms in total. The molecular formula is C16H34N4O. The summed E-state index contributed by atoms with van der Waals surface area (Å²) in [4.78, 5) is 7.21. The Bertz CT molecular complexity index is 283. The third kappa shape index (κ3) is 8.94. The molecule has 1 aliphatic rings. The third-order valence-corrected chi connectivity index (χ3v) is 3.84. The number of unbranched alkanes of at least 4 members (excludes halogenated alkanes) is 1. The van der Waals surface area contributed by atoms with Crippen LogP contribution in [0.1, 0.15) is 39.5 Å². The second-order valence-corrected chi connectivity index (χ2v) is 5.94. The van der Waals surface area contributed by atoms with Crippen molar-refractivity contribution >= 4 is 5.96 Å². The Morgan fingerprint density at radius 3 is 2.90 bits per heavy atom. The maximum Gasteiger partial charge on any atom is 0.191 e. The van der Waals surface area contributed by atoms with E-state index in [2.05, 4.69) is 34.4 Å². The van der Waals surface area contributed by atoms with Crippen molar-refractivity contribution in [3.05, 3.63) is 0 Å². The topological polar surface area (TPSA) is 48.9 Å². The Morgan fingerprint density at radius 1 is 1.33 bits per heavy atom. The highest BCUT2D eigenvalue weighted by atomic mass is 16.5. The molecule has 1 rings (SSSR count). The van der Waals surface area contributed by atoms with Gasteiger partial charge in [0.15, 0.2) is 5.96 Å². The van der Waals surface area contributed by atoms with Crippen molar-refractivity contribution in [3.63, 3.8) is 0 Å². The first-order valence-electron chi connectivity index (χ1n) is 8.49. The van der Waals surface area contributed by atoms with Crippen LogP contribution in [0.4, 0.5) is 0 Å². The van der Waals surface area contributed by atoms with Gasteiger partial charge in [0.2, 0.25) is 0 Å². The molecule has 5 heteroatoms. The molecule has 0 amide bonds. The second-order valence-electron chi connectivity index (χ2n) is 5.94. The number of methoxy groups -OCH3 is 1. The van der Waals surface area contributed by atoms with E-state index >= 15 is 0 Å². The van der Waals surface area contributed by atoms with Gasteiger partial charge in [-0.15, -0.1) is 0 Å². The zero-order chi connectivity index (χ0) is 15.3. The van der Waals surface area contributed by atoms with E-state index < -0.39 is 0 Å². The lowest BCUT2D eigenvalue weighted by Gasteiger charge is -2.30. The lowest BCUT2D eigenvalue weighted by atomic mass is 10.0. The number of piperidine rings is 1. The molecule has 0 aromatic rings. The smallest absolute Gasteiger partial charge is 0.191 e. The average molecular weight is 298 g/mol. The quantitative estimate of drug-likeness (QED) is 0.386. The van der Waals surface area contributed by atoms with Crippen molar-refractivity contribution in [3.8, 4) is 0 Å². The van der Waals surface area contributed by atoms with E-state index in [1.807, 2.05) is 0 Å². The minimum atomic E-state index is 0.706. The van der Waals surface area contributed by atoms with Crippen molar-refractivity contribution in [2.75, 3.05) is 53.0 Å². The zero-order valence-electron chi connectivity index (χ0n) is 14.2. The maximum absolute atomic E-state index is 5.04. The molecule has 1 unspecified atom stereocenters. The average Bonchev–Trinajstić information content (AvgIpc) is 2.47. The van der Waals surface area contributed by atoms with E-state index in [-0.39, 0.29) is 0 Å². The van der Waals surface area contributed by atoms with E-state index in [4.69, 9.17) is 4.74 Å². The molecule has 0 bridgehead atoms. The molecule has 2 N–H and O–H groups in total. The summed E-state index contributed by atoms with van der Waals surface area (Å²) in [5, 5.41) is 6.53. The Labute approximate surface area is 130 Å². The van der Waals surface area contributed by atoms with Gasteiger partial charge in [0.25, 0.3) is 0 Å². The fraction of sp³-hybridized carbons (Fsp3) is 0.938. The van der Waals surface area contributed by atoms with Gasteiger partial charge in [-0.1, -0.05) is 6.92 Å². The Morgan fingerprint density at radius 2 is 2.19 bits per heavy atom. The van der Waals surface area contributed by atoms with Gasteiger partial charge in [0.1, 0.15) is 0 Å². The number of nitrogens with one attached hydrogen (secondary N) is 2. The Balaban J connectivity index is 2.12. The molecule has 0 radical (unpaired) electrons. The van der Waals surface area contributed by atoms with Crippen LogP contribution in [0.2, 0.25) is 0 Å². The lowest BCUT2D eigenvalue weighted by Crippen LogP contribution is -2.39. The van der Waals surface area contributed by atoms with Crippen LogP contribution in [0.15, 0.2) is 4.99 Å². The summed E-state index contributed by atoms with van der Waals surface area (Å²) in [6, 6.07) is 0. The standard InChI is InChI=1S/C16H34N4O/c1-4-17-16(19-10-13-21-3)18-9-5-6-11-20-12-7-8-15(2)14-20/h15H,4-14H2,1-3H3,(H2,17,18,19). The van der Waals surface area contributed by atoms with E-state index in [0.717, 1.165) is 37.9 Å². The molecule has 124 valence electrons. The summed E-state index contributed by atoms with van der Waals surface area (Å²) in [7, 11) is 1.72. The van der Waals surface area contributed by atoms with Crippen LogP contribution in [0.25, 0.3) is 0 Å². The molecule has 1 aliphatic heterocycles. The number of hydrogen-bond acceptors (Lipinski definition) is 3. The molecule has 0 aliphatic carbocycles. The third-order valence-electron chi connectivity index (χ3n) is 3.84. The van der Waals surface area contributed by atoms with Gasteiger partial charge < -0.3 is 20.3 Å². The molecule has 0 aromatic carbocycles. The Kier molecular flexibility index (Phi) is 10.3. The van der Waals surface area contributed by atoms with Crippen LogP contribution in [0.3, 0.4) is 0 Å². The molecule has 21 heavy (non-hydrogen) atoms. The number of rotatable bonds is 9. The number of guanidine groups is 1. The van der Waals surface area contributed by atoms with Crippen LogP contribution in [-0.4, -0.2) is 63.8 Å². The number of aliphatic imine (C=N–C) groups is 1. The predicted molar refractivity (Wildman–Crippen MR) is 89.9 cm³/mol. The summed E-state index contributed by atoms with van der Waals surface area (Å²) in [5.74, 6) is 1.78. The van der Waals surface area contributed by atoms with E-state index in [9.17, 15) is 0 Å². The fourth-order valence-corrected chi connectivity index (χ4v) is 2.74. The van der Waals surface area contributed by atoms with Crippen molar-refractivity contribution in [2.24, 2.45) is 10.9 Å². The first-order valence-corrected chi connectivity index (χ1v) is 8.49. The largest absolute Gasteiger partial charge is 0.383 e. The van der Waals surface area contributed by atoms with E-state index in [1.54, 1.807) is 7.11 Å². The summed E-state index contributed by atoms with van der Waals surface area (Å²) >= 11 is 0. The molecule has 0 spiro atoms. The van der Waals surface area contributed by atoms with Gasteiger partial charge >= 0.3 is 0 Å². The van der Waals surface area contributed by atoms with Gasteiger partial charge in [0.05, 0.1) is 6.61 Å². The van der Waals surface area contributed by atoms with Crippen LogP contribution >= 0.6 is 0 Å². The van der Waals surface area contributed by atoms with E-state index in [0.29, 0.717) is 6.61 Å². The van der Waals surface area contributed by atoms with Crippen molar-refractivity contribution in [1.29, 1.82) is 0 Å². The van der Waals surface area contributed by atoms with Gasteiger partial charge in [-0.2, -0.15) is 0 Å². The maximum atomic E-state index is 5.04. The van der Waals surface area contributed by atoms with Crippen LogP contribution in [0, 0.1) is 5.92 Å². The van der Waals surface area contributed by atoms with Crippen molar-refractivity contribution < 1.29 is 4.74 Å². The first-order chi connectivity index (χ1) is 10.3. The number of ether oxygens (including phenoxy) is 1. The van der Waals surface area contributed by atoms with Crippen LogP contribution in [-0.2, 0) is 4.74 Å². The molecule has 1 fully saturated rings. The lowest BCUT2D eigenvalue weighted by molar-refractivity contribution is 0.181. The van der Waals surface area contributed by atoms with E-state index in [1.165, 1.54) is 38.9 Å². The SMILES string of the molecule is CCNC(=NCCCCN1CCCC(C)C1)NCCOC. The second kappa shape index (κ2) is 11.8. The zero-order valence-corrected chi connectivity index (χ0v) is 14.2. The van der Waals surface area contributed by atoms with Crippen molar-refractivity contribution in [1.82, 2.24) is 15.5 Å². The monoisotopic (exact) mass is 298 g/mol. The molecule has 1 saturated heterocycles. The van der Waals surface area contributed by atoms with Gasteiger partial charge in [-0.25, -0.2) is 0 Å². The first kappa shape index (κ1) is 18.2. The highest BCUT2D eigenvalue weighted by molar-refractivity contribution is 5.79. The summed E-state index contributed by atoms with van der Waals surface area (Å²) in [5.41, 5.74) is 0. The van der Waals surface area contributed by atoms with Crippen LogP contribution < -0.4 is 10.6 Å². The number of nitrogens with zero attached hydrogens (tertiary/aromatic N) is 2. The predicted octanol–water partition coefficient (Wildman–Crippen LogP) is 1.70. The molecule has 1 atom stereocenters. The summed E-state index contributed by atoms with van der Waals surface area (Å²) in [6.07, 6.45) is 5.17. The number of likely N-dealkylation sites (tertiary alicyclic amines) is 1. The minimum absolute atomic E-state index is 0.706. The molecule has 0 saturated carbocycles. The highest BCUT2D eigenvalue weighted by Crippen LogP contribution is 2.15. The summed E-state index contributed by atoms with van der Waals surface area (Å²) < 4.78 is 5.04. The molecule has 1 heterocycles. The van der Waals surface area contributed by atoms with Crippen molar-refractivity contribution in [2.45, 2.75) is 39.5 Å². The van der Waals surface area contributed by atoms with Gasteiger partial charge in [0, 0.05) is 33.3 Å².